The van der Waals surface area contributed by atoms with E-state index in [1.165, 1.54) is 0 Å². The van der Waals surface area contributed by atoms with Gasteiger partial charge in [-0.3, -0.25) is 4.98 Å². The van der Waals surface area contributed by atoms with Gasteiger partial charge in [0.2, 0.25) is 0 Å². The molecule has 0 saturated heterocycles. The maximum absolute atomic E-state index is 11.9. The number of aromatic nitrogens is 1. The van der Waals surface area contributed by atoms with Crippen LogP contribution >= 0.6 is 11.3 Å². The minimum Gasteiger partial charge on any atom is -0.332 e. The molecule has 2 heterocycles. The second-order valence-electron chi connectivity index (χ2n) is 4.72. The Bertz CT molecular complexity index is 742. The van der Waals surface area contributed by atoms with E-state index < -0.39 is 0 Å². The number of rotatable bonds is 4. The minimum atomic E-state index is -0.242. The maximum Gasteiger partial charge on any atom is 0.319 e. The maximum atomic E-state index is 11.9. The third-order valence-corrected chi connectivity index (χ3v) is 3.81. The lowest BCUT2D eigenvalue weighted by Gasteiger charge is -2.08. The SMILES string of the molecule is O=C(NCc1ccccn1)Nc1cccc(-c2ccsc2)c1. The molecule has 0 unspecified atom stereocenters. The van der Waals surface area contributed by atoms with E-state index in [4.69, 9.17) is 0 Å². The Morgan fingerprint density at radius 1 is 1.09 bits per heavy atom. The quantitative estimate of drug-likeness (QED) is 0.761. The van der Waals surface area contributed by atoms with Crippen LogP contribution in [0.4, 0.5) is 10.5 Å². The highest BCUT2D eigenvalue weighted by atomic mass is 32.1. The highest BCUT2D eigenvalue weighted by Gasteiger charge is 2.04. The molecule has 0 spiro atoms. The van der Waals surface area contributed by atoms with E-state index >= 15 is 0 Å². The summed E-state index contributed by atoms with van der Waals surface area (Å²) in [6.45, 7) is 0.400. The molecule has 1 aromatic carbocycles. The molecule has 2 N–H and O–H groups in total. The summed E-state index contributed by atoms with van der Waals surface area (Å²) in [5.74, 6) is 0. The normalized spacial score (nSPS) is 10.2. The Kier molecular flexibility index (Phi) is 4.46. The van der Waals surface area contributed by atoms with Gasteiger partial charge < -0.3 is 10.6 Å². The van der Waals surface area contributed by atoms with Crippen LogP contribution in [0.5, 0.6) is 0 Å². The summed E-state index contributed by atoms with van der Waals surface area (Å²) in [6, 6.07) is 15.2. The highest BCUT2D eigenvalue weighted by molar-refractivity contribution is 7.08. The molecule has 0 aliphatic carbocycles. The number of carbonyl (C=O) groups excluding carboxylic acids is 1. The summed E-state index contributed by atoms with van der Waals surface area (Å²) in [6.07, 6.45) is 1.71. The number of hydrogen-bond donors (Lipinski definition) is 2. The topological polar surface area (TPSA) is 54.0 Å². The average molecular weight is 309 g/mol. The van der Waals surface area contributed by atoms with Gasteiger partial charge in [0, 0.05) is 11.9 Å². The van der Waals surface area contributed by atoms with Crippen molar-refractivity contribution in [1.82, 2.24) is 10.3 Å². The predicted molar refractivity (Wildman–Crippen MR) is 89.9 cm³/mol. The zero-order valence-electron chi connectivity index (χ0n) is 11.8. The van der Waals surface area contributed by atoms with E-state index in [1.54, 1.807) is 17.5 Å². The van der Waals surface area contributed by atoms with Crippen LogP contribution in [0.3, 0.4) is 0 Å². The van der Waals surface area contributed by atoms with E-state index in [1.807, 2.05) is 47.8 Å². The van der Waals surface area contributed by atoms with Gasteiger partial charge in [-0.1, -0.05) is 18.2 Å². The molecule has 0 saturated carbocycles. The summed E-state index contributed by atoms with van der Waals surface area (Å²) < 4.78 is 0. The number of benzene rings is 1. The van der Waals surface area contributed by atoms with Crippen molar-refractivity contribution in [2.45, 2.75) is 6.54 Å². The third-order valence-electron chi connectivity index (χ3n) is 3.13. The standard InChI is InChI=1S/C17H15N3OS/c21-17(19-11-16-5-1-2-8-18-16)20-15-6-3-4-13(10-15)14-7-9-22-12-14/h1-10,12H,11H2,(H2,19,20,21). The van der Waals surface area contributed by atoms with Crippen LogP contribution in [0.15, 0.2) is 65.5 Å². The molecule has 0 bridgehead atoms. The fraction of sp³-hybridized carbons (Fsp3) is 0.0588. The van der Waals surface area contributed by atoms with Crippen molar-refractivity contribution in [2.75, 3.05) is 5.32 Å². The molecule has 3 aromatic rings. The van der Waals surface area contributed by atoms with Gasteiger partial charge in [0.25, 0.3) is 0 Å². The third kappa shape index (κ3) is 3.71. The lowest BCUT2D eigenvalue weighted by Crippen LogP contribution is -2.28. The van der Waals surface area contributed by atoms with Crippen LogP contribution < -0.4 is 10.6 Å². The summed E-state index contributed by atoms with van der Waals surface area (Å²) >= 11 is 1.65. The monoisotopic (exact) mass is 309 g/mol. The fourth-order valence-corrected chi connectivity index (χ4v) is 2.72. The molecule has 22 heavy (non-hydrogen) atoms. The first-order chi connectivity index (χ1) is 10.8. The Labute approximate surface area is 132 Å². The predicted octanol–water partition coefficient (Wildman–Crippen LogP) is 4.13. The summed E-state index contributed by atoms with van der Waals surface area (Å²) in [7, 11) is 0. The average Bonchev–Trinajstić information content (AvgIpc) is 3.09. The van der Waals surface area contributed by atoms with E-state index in [9.17, 15) is 4.79 Å². The van der Waals surface area contributed by atoms with Crippen molar-refractivity contribution in [1.29, 1.82) is 0 Å². The molecule has 2 aromatic heterocycles. The van der Waals surface area contributed by atoms with Gasteiger partial charge in [-0.05, 0) is 52.2 Å². The number of thiophene rings is 1. The first-order valence-corrected chi connectivity index (χ1v) is 7.83. The largest absolute Gasteiger partial charge is 0.332 e. The second kappa shape index (κ2) is 6.87. The zero-order chi connectivity index (χ0) is 15.2. The van der Waals surface area contributed by atoms with Crippen molar-refractivity contribution in [3.63, 3.8) is 0 Å². The summed E-state index contributed by atoms with van der Waals surface area (Å²) in [4.78, 5) is 16.1. The van der Waals surface area contributed by atoms with Crippen molar-refractivity contribution in [3.05, 3.63) is 71.2 Å². The second-order valence-corrected chi connectivity index (χ2v) is 5.50. The van der Waals surface area contributed by atoms with Gasteiger partial charge >= 0.3 is 6.03 Å². The van der Waals surface area contributed by atoms with Crippen molar-refractivity contribution >= 4 is 23.1 Å². The van der Waals surface area contributed by atoms with Crippen LogP contribution in [0, 0.1) is 0 Å². The molecule has 4 nitrogen and oxygen atoms in total. The lowest BCUT2D eigenvalue weighted by atomic mass is 10.1. The molecule has 0 aliphatic heterocycles. The van der Waals surface area contributed by atoms with Gasteiger partial charge in [-0.2, -0.15) is 11.3 Å². The van der Waals surface area contributed by atoms with E-state index in [-0.39, 0.29) is 6.03 Å². The summed E-state index contributed by atoms with van der Waals surface area (Å²) in [5, 5.41) is 9.75. The van der Waals surface area contributed by atoms with Gasteiger partial charge in [0.15, 0.2) is 0 Å². The lowest BCUT2D eigenvalue weighted by molar-refractivity contribution is 0.251. The number of urea groups is 1. The Morgan fingerprint density at radius 3 is 2.82 bits per heavy atom. The molecule has 110 valence electrons. The molecule has 5 heteroatoms. The Balaban J connectivity index is 1.61. The molecule has 0 atom stereocenters. The van der Waals surface area contributed by atoms with Crippen LogP contribution in [0.2, 0.25) is 0 Å². The van der Waals surface area contributed by atoms with Crippen LogP contribution in [-0.2, 0) is 6.54 Å². The molecule has 3 rings (SSSR count). The first-order valence-electron chi connectivity index (χ1n) is 6.89. The highest BCUT2D eigenvalue weighted by Crippen LogP contribution is 2.24. The van der Waals surface area contributed by atoms with E-state index in [0.29, 0.717) is 6.54 Å². The van der Waals surface area contributed by atoms with Crippen LogP contribution in [0.1, 0.15) is 5.69 Å². The summed E-state index contributed by atoms with van der Waals surface area (Å²) in [5.41, 5.74) is 3.83. The number of nitrogens with one attached hydrogen (secondary N) is 2. The van der Waals surface area contributed by atoms with Gasteiger partial charge in [-0.25, -0.2) is 4.79 Å². The molecular formula is C17H15N3OS. The van der Waals surface area contributed by atoms with E-state index in [0.717, 1.165) is 22.5 Å². The minimum absolute atomic E-state index is 0.242. The number of anilines is 1. The fourth-order valence-electron chi connectivity index (χ4n) is 2.05. The number of amides is 2. The molecule has 2 amide bonds. The first kappa shape index (κ1) is 14.3. The molecular weight excluding hydrogens is 294 g/mol. The van der Waals surface area contributed by atoms with Gasteiger partial charge in [0.05, 0.1) is 12.2 Å². The smallest absolute Gasteiger partial charge is 0.319 e. The number of pyridine rings is 1. The van der Waals surface area contributed by atoms with Gasteiger partial charge in [0.1, 0.15) is 0 Å². The van der Waals surface area contributed by atoms with E-state index in [2.05, 4.69) is 27.1 Å². The molecule has 0 radical (unpaired) electrons. The zero-order valence-corrected chi connectivity index (χ0v) is 12.6. The Morgan fingerprint density at radius 2 is 2.05 bits per heavy atom. The number of carbonyl (C=O) groups is 1. The number of nitrogens with zero attached hydrogens (tertiary/aromatic N) is 1. The van der Waals surface area contributed by atoms with Crippen molar-refractivity contribution < 1.29 is 4.79 Å². The Hall–Kier alpha value is -2.66. The van der Waals surface area contributed by atoms with Crippen LogP contribution in [0.25, 0.3) is 11.1 Å². The molecule has 0 aliphatic rings. The van der Waals surface area contributed by atoms with Gasteiger partial charge in [-0.15, -0.1) is 0 Å². The van der Waals surface area contributed by atoms with Crippen molar-refractivity contribution in [2.24, 2.45) is 0 Å². The number of hydrogen-bond acceptors (Lipinski definition) is 3. The molecule has 0 fully saturated rings. The van der Waals surface area contributed by atoms with Crippen molar-refractivity contribution in [3.8, 4) is 11.1 Å². The van der Waals surface area contributed by atoms with Crippen LogP contribution in [-0.4, -0.2) is 11.0 Å².